The first-order valence-corrected chi connectivity index (χ1v) is 7.40. The van der Waals surface area contributed by atoms with E-state index in [-0.39, 0.29) is 5.56 Å². The first-order valence-electron chi connectivity index (χ1n) is 7.40. The summed E-state index contributed by atoms with van der Waals surface area (Å²) in [4.78, 5) is 14.3. The van der Waals surface area contributed by atoms with Crippen molar-refractivity contribution >= 4 is 0 Å². The molecule has 6 heteroatoms. The van der Waals surface area contributed by atoms with Crippen molar-refractivity contribution < 1.29 is 4.52 Å². The summed E-state index contributed by atoms with van der Waals surface area (Å²) < 4.78 is 6.83. The van der Waals surface area contributed by atoms with Gasteiger partial charge in [-0.15, -0.1) is 0 Å². The van der Waals surface area contributed by atoms with Crippen LogP contribution in [-0.4, -0.2) is 26.4 Å². The Morgan fingerprint density at radius 1 is 1.38 bits per heavy atom. The Morgan fingerprint density at radius 2 is 2.24 bits per heavy atom. The molecule has 3 rings (SSSR count). The highest BCUT2D eigenvalue weighted by Gasteiger charge is 2.20. The highest BCUT2D eigenvalue weighted by atomic mass is 16.5. The van der Waals surface area contributed by atoms with Crippen LogP contribution in [-0.2, 0) is 26.1 Å². The number of aryl methyl sites for hydroxylation is 2. The highest BCUT2D eigenvalue weighted by Crippen LogP contribution is 2.17. The molecular formula is C15H20N4O2. The summed E-state index contributed by atoms with van der Waals surface area (Å²) in [5, 5.41) is 8.40. The van der Waals surface area contributed by atoms with Gasteiger partial charge in [0.15, 0.2) is 5.76 Å². The van der Waals surface area contributed by atoms with Gasteiger partial charge >= 0.3 is 0 Å². The van der Waals surface area contributed by atoms with E-state index in [4.69, 9.17) is 4.52 Å². The van der Waals surface area contributed by atoms with Gasteiger partial charge in [0.2, 0.25) is 0 Å². The number of nitrogens with zero attached hydrogens (tertiary/aromatic N) is 4. The molecule has 21 heavy (non-hydrogen) atoms. The Balaban J connectivity index is 1.76. The van der Waals surface area contributed by atoms with Crippen molar-refractivity contribution in [1.82, 2.24) is 19.8 Å². The van der Waals surface area contributed by atoms with Crippen molar-refractivity contribution in [3.63, 3.8) is 0 Å². The molecule has 0 radical (unpaired) electrons. The molecule has 0 N–H and O–H groups in total. The molecule has 2 aromatic heterocycles. The van der Waals surface area contributed by atoms with E-state index in [0.29, 0.717) is 6.54 Å². The molecule has 0 aromatic carbocycles. The normalized spacial score (nSPS) is 15.1. The Labute approximate surface area is 123 Å². The molecule has 0 unspecified atom stereocenters. The Bertz CT molecular complexity index is 689. The van der Waals surface area contributed by atoms with Gasteiger partial charge in [-0.3, -0.25) is 9.69 Å². The molecule has 0 fully saturated rings. The zero-order valence-electron chi connectivity index (χ0n) is 12.5. The number of hydrogen-bond acceptors (Lipinski definition) is 5. The molecule has 0 bridgehead atoms. The van der Waals surface area contributed by atoms with Crippen LogP contribution in [0.5, 0.6) is 0 Å². The maximum absolute atomic E-state index is 12.0. The fraction of sp³-hybridized carbons (Fsp3) is 0.533. The SMILES string of the molecule is CCCn1nc2c(cc1=O)CN(Cc1cc(C)no1)CC2. The molecule has 0 saturated carbocycles. The molecule has 6 nitrogen and oxygen atoms in total. The van der Waals surface area contributed by atoms with Gasteiger partial charge in [-0.2, -0.15) is 5.10 Å². The van der Waals surface area contributed by atoms with Gasteiger partial charge in [-0.05, 0) is 18.9 Å². The topological polar surface area (TPSA) is 64.2 Å². The van der Waals surface area contributed by atoms with Crippen molar-refractivity contribution in [2.24, 2.45) is 0 Å². The molecule has 0 atom stereocenters. The van der Waals surface area contributed by atoms with E-state index in [2.05, 4.69) is 22.1 Å². The minimum absolute atomic E-state index is 0.00652. The molecular weight excluding hydrogens is 268 g/mol. The molecule has 0 saturated heterocycles. The summed E-state index contributed by atoms with van der Waals surface area (Å²) in [6.45, 7) is 7.03. The fourth-order valence-electron chi connectivity index (χ4n) is 2.72. The average Bonchev–Trinajstić information content (AvgIpc) is 2.85. The van der Waals surface area contributed by atoms with Crippen molar-refractivity contribution in [1.29, 1.82) is 0 Å². The minimum Gasteiger partial charge on any atom is -0.360 e. The van der Waals surface area contributed by atoms with Gasteiger partial charge in [-0.1, -0.05) is 12.1 Å². The summed E-state index contributed by atoms with van der Waals surface area (Å²) in [6, 6.07) is 3.68. The predicted octanol–water partition coefficient (Wildman–Crippen LogP) is 1.51. The largest absolute Gasteiger partial charge is 0.360 e. The van der Waals surface area contributed by atoms with Crippen LogP contribution in [0.2, 0.25) is 0 Å². The van der Waals surface area contributed by atoms with Crippen LogP contribution in [0, 0.1) is 6.92 Å². The molecule has 112 valence electrons. The molecule has 0 amide bonds. The fourth-order valence-corrected chi connectivity index (χ4v) is 2.72. The van der Waals surface area contributed by atoms with E-state index in [1.165, 1.54) is 0 Å². The monoisotopic (exact) mass is 288 g/mol. The third-order valence-electron chi connectivity index (χ3n) is 3.71. The zero-order chi connectivity index (χ0) is 14.8. The van der Waals surface area contributed by atoms with Crippen LogP contribution >= 0.6 is 0 Å². The average molecular weight is 288 g/mol. The van der Waals surface area contributed by atoms with E-state index in [1.54, 1.807) is 10.7 Å². The second-order valence-corrected chi connectivity index (χ2v) is 5.57. The lowest BCUT2D eigenvalue weighted by atomic mass is 10.1. The Hall–Kier alpha value is -1.95. The Morgan fingerprint density at radius 3 is 2.95 bits per heavy atom. The lowest BCUT2D eigenvalue weighted by molar-refractivity contribution is 0.211. The number of rotatable bonds is 4. The second-order valence-electron chi connectivity index (χ2n) is 5.57. The third-order valence-corrected chi connectivity index (χ3v) is 3.71. The Kier molecular flexibility index (Phi) is 3.88. The van der Waals surface area contributed by atoms with Crippen LogP contribution in [0.4, 0.5) is 0 Å². The molecule has 0 aliphatic carbocycles. The molecule has 0 spiro atoms. The van der Waals surface area contributed by atoms with Crippen LogP contribution in [0.3, 0.4) is 0 Å². The number of hydrogen-bond donors (Lipinski definition) is 0. The number of aromatic nitrogens is 3. The summed E-state index contributed by atoms with van der Waals surface area (Å²) >= 11 is 0. The standard InChI is InChI=1S/C15H20N4O2/c1-3-5-19-15(20)8-12-9-18(6-4-14(12)16-19)10-13-7-11(2)17-21-13/h7-8H,3-6,9-10H2,1-2H3. The summed E-state index contributed by atoms with van der Waals surface area (Å²) in [5.41, 5.74) is 2.97. The first-order chi connectivity index (χ1) is 10.2. The molecule has 1 aliphatic rings. The zero-order valence-corrected chi connectivity index (χ0v) is 12.5. The second kappa shape index (κ2) is 5.81. The van der Waals surface area contributed by atoms with E-state index in [9.17, 15) is 4.79 Å². The lowest BCUT2D eigenvalue weighted by Crippen LogP contribution is -2.34. The van der Waals surface area contributed by atoms with Gasteiger partial charge in [0.1, 0.15) is 0 Å². The van der Waals surface area contributed by atoms with Crippen LogP contribution in [0.25, 0.3) is 0 Å². The van der Waals surface area contributed by atoms with Crippen molar-refractivity contribution in [2.45, 2.75) is 46.3 Å². The quantitative estimate of drug-likeness (QED) is 0.853. The van der Waals surface area contributed by atoms with E-state index in [1.807, 2.05) is 13.0 Å². The number of fused-ring (bicyclic) bond motifs is 1. The third kappa shape index (κ3) is 3.05. The van der Waals surface area contributed by atoms with Crippen LogP contribution < -0.4 is 5.56 Å². The van der Waals surface area contributed by atoms with E-state index >= 15 is 0 Å². The maximum Gasteiger partial charge on any atom is 0.267 e. The summed E-state index contributed by atoms with van der Waals surface area (Å²) in [7, 11) is 0. The smallest absolute Gasteiger partial charge is 0.267 e. The van der Waals surface area contributed by atoms with E-state index < -0.39 is 0 Å². The van der Waals surface area contributed by atoms with Crippen molar-refractivity contribution in [2.75, 3.05) is 6.54 Å². The lowest BCUT2D eigenvalue weighted by Gasteiger charge is -2.27. The van der Waals surface area contributed by atoms with Gasteiger partial charge in [0.25, 0.3) is 5.56 Å². The summed E-state index contributed by atoms with van der Waals surface area (Å²) in [5.74, 6) is 0.864. The molecule has 2 aromatic rings. The van der Waals surface area contributed by atoms with Crippen LogP contribution in [0.15, 0.2) is 21.5 Å². The molecule has 1 aliphatic heterocycles. The summed E-state index contributed by atoms with van der Waals surface area (Å²) in [6.07, 6.45) is 1.79. The van der Waals surface area contributed by atoms with Crippen molar-refractivity contribution in [3.8, 4) is 0 Å². The van der Waals surface area contributed by atoms with Gasteiger partial charge in [0, 0.05) is 38.2 Å². The van der Waals surface area contributed by atoms with Gasteiger partial charge in [-0.25, -0.2) is 4.68 Å². The molecule has 3 heterocycles. The highest BCUT2D eigenvalue weighted by molar-refractivity contribution is 5.21. The van der Waals surface area contributed by atoms with Crippen molar-refractivity contribution in [3.05, 3.63) is 45.2 Å². The van der Waals surface area contributed by atoms with Crippen LogP contribution in [0.1, 0.15) is 36.1 Å². The first kappa shape index (κ1) is 14.0. The predicted molar refractivity (Wildman–Crippen MR) is 77.8 cm³/mol. The van der Waals surface area contributed by atoms with E-state index in [0.717, 1.165) is 55.2 Å². The van der Waals surface area contributed by atoms with Gasteiger partial charge in [0.05, 0.1) is 17.9 Å². The maximum atomic E-state index is 12.0. The minimum atomic E-state index is -0.00652. The van der Waals surface area contributed by atoms with Gasteiger partial charge < -0.3 is 4.52 Å².